The molecule has 0 aromatic heterocycles. The SMILES string of the molecule is O=C(O)NC1CCCCc2cc(O)ccc21. The number of aromatic hydroxyl groups is 1. The van der Waals surface area contributed by atoms with E-state index in [9.17, 15) is 9.90 Å². The number of carboxylic acid groups (broad SMARTS) is 1. The Kier molecular flexibility index (Phi) is 2.99. The van der Waals surface area contributed by atoms with Gasteiger partial charge >= 0.3 is 6.09 Å². The van der Waals surface area contributed by atoms with Crippen LogP contribution < -0.4 is 5.32 Å². The molecule has 1 aliphatic carbocycles. The number of fused-ring (bicyclic) bond motifs is 1. The summed E-state index contributed by atoms with van der Waals surface area (Å²) >= 11 is 0. The lowest BCUT2D eigenvalue weighted by atomic mass is 9.99. The third-order valence-electron chi connectivity index (χ3n) is 2.99. The first-order valence-electron chi connectivity index (χ1n) is 5.48. The fourth-order valence-electron chi connectivity index (χ4n) is 2.27. The topological polar surface area (TPSA) is 69.6 Å². The first-order valence-corrected chi connectivity index (χ1v) is 5.48. The zero-order valence-electron chi connectivity index (χ0n) is 8.94. The molecule has 0 bridgehead atoms. The normalized spacial score (nSPS) is 19.6. The van der Waals surface area contributed by atoms with E-state index >= 15 is 0 Å². The van der Waals surface area contributed by atoms with Gasteiger partial charge in [0, 0.05) is 0 Å². The number of rotatable bonds is 1. The minimum atomic E-state index is -0.995. The average molecular weight is 221 g/mol. The van der Waals surface area contributed by atoms with Gasteiger partial charge in [-0.1, -0.05) is 12.5 Å². The largest absolute Gasteiger partial charge is 0.508 e. The number of nitrogens with one attached hydrogen (secondary N) is 1. The summed E-state index contributed by atoms with van der Waals surface area (Å²) < 4.78 is 0. The van der Waals surface area contributed by atoms with Gasteiger partial charge in [0.05, 0.1) is 6.04 Å². The first kappa shape index (κ1) is 10.8. The summed E-state index contributed by atoms with van der Waals surface area (Å²) in [5.41, 5.74) is 2.05. The summed E-state index contributed by atoms with van der Waals surface area (Å²) in [6.45, 7) is 0. The lowest BCUT2D eigenvalue weighted by molar-refractivity contribution is 0.189. The minimum absolute atomic E-state index is 0.143. The number of phenolic OH excluding ortho intramolecular Hbond substituents is 1. The predicted octanol–water partition coefficient (Wildman–Crippen LogP) is 2.43. The summed E-state index contributed by atoms with van der Waals surface area (Å²) in [7, 11) is 0. The molecule has 1 aliphatic rings. The molecule has 4 nitrogen and oxygen atoms in total. The van der Waals surface area contributed by atoms with Gasteiger partial charge in [0.15, 0.2) is 0 Å². The lowest BCUT2D eigenvalue weighted by Gasteiger charge is -2.17. The van der Waals surface area contributed by atoms with Crippen molar-refractivity contribution in [1.29, 1.82) is 0 Å². The minimum Gasteiger partial charge on any atom is -0.508 e. The van der Waals surface area contributed by atoms with Crippen molar-refractivity contribution in [2.75, 3.05) is 0 Å². The lowest BCUT2D eigenvalue weighted by Crippen LogP contribution is -2.26. The van der Waals surface area contributed by atoms with Crippen molar-refractivity contribution in [3.63, 3.8) is 0 Å². The number of aryl methyl sites for hydroxylation is 1. The summed E-state index contributed by atoms with van der Waals surface area (Å²) in [5.74, 6) is 0.245. The number of carbonyl (C=O) groups is 1. The van der Waals surface area contributed by atoms with Gasteiger partial charge in [0.25, 0.3) is 0 Å². The van der Waals surface area contributed by atoms with E-state index in [0.717, 1.165) is 36.8 Å². The average Bonchev–Trinajstić information content (AvgIpc) is 2.40. The van der Waals surface area contributed by atoms with Crippen LogP contribution in [0.5, 0.6) is 5.75 Å². The van der Waals surface area contributed by atoms with Crippen LogP contribution in [0.3, 0.4) is 0 Å². The van der Waals surface area contributed by atoms with Gasteiger partial charge in [-0.05, 0) is 42.5 Å². The van der Waals surface area contributed by atoms with Crippen LogP contribution in [0.4, 0.5) is 4.79 Å². The molecule has 1 atom stereocenters. The Morgan fingerprint density at radius 3 is 2.94 bits per heavy atom. The molecule has 0 heterocycles. The number of amides is 1. The fraction of sp³-hybridized carbons (Fsp3) is 0.417. The standard InChI is InChI=1S/C12H15NO3/c14-9-5-6-10-8(7-9)3-1-2-4-11(10)13-12(15)16/h5-7,11,13-14H,1-4H2,(H,15,16). The number of benzene rings is 1. The van der Waals surface area contributed by atoms with Crippen LogP contribution in [-0.2, 0) is 6.42 Å². The van der Waals surface area contributed by atoms with Crippen molar-refractivity contribution < 1.29 is 15.0 Å². The molecule has 3 N–H and O–H groups in total. The van der Waals surface area contributed by atoms with E-state index < -0.39 is 6.09 Å². The van der Waals surface area contributed by atoms with Gasteiger partial charge in [-0.3, -0.25) is 0 Å². The molecule has 1 amide bonds. The zero-order valence-corrected chi connectivity index (χ0v) is 8.94. The maximum absolute atomic E-state index is 10.7. The molecule has 1 aromatic carbocycles. The van der Waals surface area contributed by atoms with Gasteiger partial charge in [-0.2, -0.15) is 0 Å². The Balaban J connectivity index is 2.32. The molecule has 2 rings (SSSR count). The maximum atomic E-state index is 10.7. The van der Waals surface area contributed by atoms with E-state index in [1.54, 1.807) is 12.1 Å². The summed E-state index contributed by atoms with van der Waals surface area (Å²) in [5, 5.41) is 20.7. The molecule has 1 unspecified atom stereocenters. The van der Waals surface area contributed by atoms with Gasteiger partial charge in [-0.15, -0.1) is 0 Å². The van der Waals surface area contributed by atoms with Crippen molar-refractivity contribution in [3.05, 3.63) is 29.3 Å². The van der Waals surface area contributed by atoms with Gasteiger partial charge in [0.2, 0.25) is 0 Å². The maximum Gasteiger partial charge on any atom is 0.405 e. The molecule has 0 radical (unpaired) electrons. The van der Waals surface area contributed by atoms with Crippen LogP contribution in [0.15, 0.2) is 18.2 Å². The van der Waals surface area contributed by atoms with Crippen LogP contribution in [0.1, 0.15) is 36.4 Å². The Bertz CT molecular complexity index is 403. The van der Waals surface area contributed by atoms with E-state index in [1.165, 1.54) is 0 Å². The van der Waals surface area contributed by atoms with Gasteiger partial charge in [-0.25, -0.2) is 4.79 Å². The zero-order chi connectivity index (χ0) is 11.5. The van der Waals surface area contributed by atoms with Crippen molar-refractivity contribution in [3.8, 4) is 5.75 Å². The molecule has 0 spiro atoms. The van der Waals surface area contributed by atoms with E-state index in [2.05, 4.69) is 5.32 Å². The second-order valence-electron chi connectivity index (χ2n) is 4.13. The Hall–Kier alpha value is -1.71. The van der Waals surface area contributed by atoms with E-state index in [-0.39, 0.29) is 11.8 Å². The third-order valence-corrected chi connectivity index (χ3v) is 2.99. The highest BCUT2D eigenvalue weighted by Gasteiger charge is 2.20. The van der Waals surface area contributed by atoms with Crippen LogP contribution in [-0.4, -0.2) is 16.3 Å². The molecule has 0 saturated heterocycles. The Morgan fingerprint density at radius 2 is 2.19 bits per heavy atom. The van der Waals surface area contributed by atoms with Gasteiger partial charge in [0.1, 0.15) is 5.75 Å². The van der Waals surface area contributed by atoms with Crippen molar-refractivity contribution in [1.82, 2.24) is 5.32 Å². The smallest absolute Gasteiger partial charge is 0.405 e. The molecule has 0 fully saturated rings. The van der Waals surface area contributed by atoms with Crippen molar-refractivity contribution >= 4 is 6.09 Å². The summed E-state index contributed by atoms with van der Waals surface area (Å²) in [6.07, 6.45) is 2.77. The Labute approximate surface area is 93.9 Å². The summed E-state index contributed by atoms with van der Waals surface area (Å²) in [6, 6.07) is 5.02. The van der Waals surface area contributed by atoms with E-state index in [0.29, 0.717) is 0 Å². The molecule has 4 heteroatoms. The van der Waals surface area contributed by atoms with Crippen LogP contribution in [0, 0.1) is 0 Å². The highest BCUT2D eigenvalue weighted by molar-refractivity contribution is 5.65. The van der Waals surface area contributed by atoms with Gasteiger partial charge < -0.3 is 15.5 Å². The molecular formula is C12H15NO3. The first-order chi connectivity index (χ1) is 7.66. The van der Waals surface area contributed by atoms with Crippen molar-refractivity contribution in [2.45, 2.75) is 31.7 Å². The fourth-order valence-corrected chi connectivity index (χ4v) is 2.27. The number of hydrogen-bond donors (Lipinski definition) is 3. The number of hydrogen-bond acceptors (Lipinski definition) is 2. The predicted molar refractivity (Wildman–Crippen MR) is 59.6 cm³/mol. The van der Waals surface area contributed by atoms with E-state index in [1.807, 2.05) is 6.07 Å². The molecule has 86 valence electrons. The third kappa shape index (κ3) is 2.27. The highest BCUT2D eigenvalue weighted by atomic mass is 16.4. The molecular weight excluding hydrogens is 206 g/mol. The molecule has 16 heavy (non-hydrogen) atoms. The number of phenols is 1. The van der Waals surface area contributed by atoms with Crippen LogP contribution in [0.25, 0.3) is 0 Å². The second-order valence-corrected chi connectivity index (χ2v) is 4.13. The monoisotopic (exact) mass is 221 g/mol. The second kappa shape index (κ2) is 4.43. The quantitative estimate of drug-likeness (QED) is 0.638. The highest BCUT2D eigenvalue weighted by Crippen LogP contribution is 2.30. The molecule has 0 saturated carbocycles. The summed E-state index contributed by atoms with van der Waals surface area (Å²) in [4.78, 5) is 10.7. The van der Waals surface area contributed by atoms with Crippen LogP contribution in [0.2, 0.25) is 0 Å². The van der Waals surface area contributed by atoms with E-state index in [4.69, 9.17) is 5.11 Å². The molecule has 0 aliphatic heterocycles. The molecule has 1 aromatic rings. The van der Waals surface area contributed by atoms with Crippen molar-refractivity contribution in [2.24, 2.45) is 0 Å². The van der Waals surface area contributed by atoms with Crippen LogP contribution >= 0.6 is 0 Å². The Morgan fingerprint density at radius 1 is 1.38 bits per heavy atom.